The highest BCUT2D eigenvalue weighted by molar-refractivity contribution is 7.23. The van der Waals surface area contributed by atoms with Crippen LogP contribution in [0, 0.1) is 5.92 Å². The number of hydrogen-bond donors (Lipinski definition) is 1. The van der Waals surface area contributed by atoms with Gasteiger partial charge in [0.2, 0.25) is 0 Å². The molecule has 0 aromatic carbocycles. The van der Waals surface area contributed by atoms with Crippen LogP contribution in [0.3, 0.4) is 0 Å². The number of thiophene rings is 1. The second kappa shape index (κ2) is 6.29. The van der Waals surface area contributed by atoms with E-state index in [0.717, 1.165) is 38.0 Å². The first-order chi connectivity index (χ1) is 11.5. The number of carbonyl (C=O) groups excluding carboxylic acids is 1. The van der Waals surface area contributed by atoms with Gasteiger partial charge in [0.05, 0.1) is 34.9 Å². The Balaban J connectivity index is 1.43. The summed E-state index contributed by atoms with van der Waals surface area (Å²) in [5.41, 5.74) is 1.72. The van der Waals surface area contributed by atoms with Crippen LogP contribution in [-0.2, 0) is 4.74 Å². The van der Waals surface area contributed by atoms with Gasteiger partial charge < -0.3 is 9.22 Å². The molecule has 0 aliphatic carbocycles. The second-order valence-corrected chi connectivity index (χ2v) is 9.36. The maximum atomic E-state index is 12.3. The average Bonchev–Trinajstić information content (AvgIpc) is 3.16. The minimum atomic E-state index is -0.407. The number of rotatable bonds is 3. The molecule has 3 aliphatic heterocycles. The topological polar surface area (TPSA) is 51.2 Å². The fourth-order valence-electron chi connectivity index (χ4n) is 3.69. The fraction of sp³-hybridized carbons (Fsp3) is 0.500. The van der Waals surface area contributed by atoms with Crippen molar-refractivity contribution in [3.8, 4) is 9.75 Å². The summed E-state index contributed by atoms with van der Waals surface area (Å²) >= 11 is 8.96. The van der Waals surface area contributed by atoms with Gasteiger partial charge in [-0.15, -0.1) is 22.7 Å². The fourth-order valence-corrected chi connectivity index (χ4v) is 5.61. The Labute approximate surface area is 153 Å². The molecular formula is C16H19ClN3O2S2+. The van der Waals surface area contributed by atoms with Gasteiger partial charge in [-0.3, -0.25) is 5.32 Å². The number of nitrogens with one attached hydrogen (secondary N) is 1. The van der Waals surface area contributed by atoms with Crippen LogP contribution >= 0.6 is 34.3 Å². The number of nitrogens with zero attached hydrogens (tertiary/aromatic N) is 2. The zero-order valence-corrected chi connectivity index (χ0v) is 15.7. The van der Waals surface area contributed by atoms with Gasteiger partial charge in [-0.1, -0.05) is 11.6 Å². The van der Waals surface area contributed by atoms with E-state index in [0.29, 0.717) is 11.7 Å². The van der Waals surface area contributed by atoms with Gasteiger partial charge in [0.15, 0.2) is 11.9 Å². The molecule has 5 rings (SSSR count). The largest absolute Gasteiger partial charge is 0.440 e. The molecule has 5 nitrogen and oxygen atoms in total. The SMILES string of the molecule is C[N+]12CCC(CC1)[C@@H](OC(=O)Nc1ncsc1-c1ccc(Cl)s1)C2. The van der Waals surface area contributed by atoms with Crippen molar-refractivity contribution < 1.29 is 14.0 Å². The van der Waals surface area contributed by atoms with Crippen molar-refractivity contribution in [3.05, 3.63) is 22.0 Å². The summed E-state index contributed by atoms with van der Waals surface area (Å²) in [6, 6.07) is 3.79. The number of carbonyl (C=O) groups is 1. The first kappa shape index (κ1) is 16.3. The van der Waals surface area contributed by atoms with Crippen molar-refractivity contribution in [1.29, 1.82) is 0 Å². The second-order valence-electron chi connectivity index (χ2n) is 6.79. The minimum Gasteiger partial charge on any atom is -0.440 e. The molecule has 128 valence electrons. The smallest absolute Gasteiger partial charge is 0.413 e. The van der Waals surface area contributed by atoms with Gasteiger partial charge >= 0.3 is 6.09 Å². The van der Waals surface area contributed by atoms with E-state index in [9.17, 15) is 4.79 Å². The molecule has 3 aliphatic rings. The third-order valence-corrected chi connectivity index (χ3v) is 7.31. The van der Waals surface area contributed by atoms with Crippen molar-refractivity contribution in [3.63, 3.8) is 0 Å². The summed E-state index contributed by atoms with van der Waals surface area (Å²) in [6.07, 6.45) is 1.89. The van der Waals surface area contributed by atoms with Crippen molar-refractivity contribution in [1.82, 2.24) is 4.98 Å². The van der Waals surface area contributed by atoms with E-state index >= 15 is 0 Å². The number of hydrogen-bond acceptors (Lipinski definition) is 5. The molecule has 3 saturated heterocycles. The molecular weight excluding hydrogens is 366 g/mol. The Kier molecular flexibility index (Phi) is 4.28. The summed E-state index contributed by atoms with van der Waals surface area (Å²) in [5.74, 6) is 1.05. The summed E-state index contributed by atoms with van der Waals surface area (Å²) in [5, 5.41) is 2.81. The van der Waals surface area contributed by atoms with E-state index in [4.69, 9.17) is 16.3 Å². The monoisotopic (exact) mass is 384 g/mol. The van der Waals surface area contributed by atoms with Crippen LogP contribution in [-0.4, -0.2) is 48.3 Å². The molecule has 0 spiro atoms. The maximum Gasteiger partial charge on any atom is 0.413 e. The van der Waals surface area contributed by atoms with Gasteiger partial charge in [0.25, 0.3) is 0 Å². The Morgan fingerprint density at radius 2 is 2.21 bits per heavy atom. The van der Waals surface area contributed by atoms with Gasteiger partial charge in [-0.2, -0.15) is 0 Å². The quantitative estimate of drug-likeness (QED) is 0.802. The molecule has 0 unspecified atom stereocenters. The number of ether oxygens (including phenoxy) is 1. The lowest BCUT2D eigenvalue weighted by Crippen LogP contribution is -2.62. The van der Waals surface area contributed by atoms with Gasteiger partial charge in [-0.25, -0.2) is 9.78 Å². The van der Waals surface area contributed by atoms with E-state index < -0.39 is 6.09 Å². The van der Waals surface area contributed by atoms with Crippen molar-refractivity contribution in [2.24, 2.45) is 5.92 Å². The predicted molar refractivity (Wildman–Crippen MR) is 97.8 cm³/mol. The lowest BCUT2D eigenvalue weighted by Gasteiger charge is -2.49. The van der Waals surface area contributed by atoms with Crippen LogP contribution in [0.1, 0.15) is 12.8 Å². The van der Waals surface area contributed by atoms with Crippen molar-refractivity contribution in [2.45, 2.75) is 18.9 Å². The molecule has 0 saturated carbocycles. The number of likely N-dealkylation sites (N-methyl/N-ethyl adjacent to an activating group) is 1. The third kappa shape index (κ3) is 3.18. The lowest BCUT2D eigenvalue weighted by atomic mass is 9.84. The molecule has 2 bridgehead atoms. The van der Waals surface area contributed by atoms with Crippen molar-refractivity contribution >= 4 is 46.2 Å². The maximum absolute atomic E-state index is 12.3. The van der Waals surface area contributed by atoms with Crippen LogP contribution in [0.25, 0.3) is 9.75 Å². The predicted octanol–water partition coefficient (Wildman–Crippen LogP) is 4.31. The number of halogens is 1. The molecule has 1 atom stereocenters. The van der Waals surface area contributed by atoms with E-state index in [-0.39, 0.29) is 6.10 Å². The van der Waals surface area contributed by atoms with Crippen LogP contribution in [0.2, 0.25) is 4.34 Å². The highest BCUT2D eigenvalue weighted by Crippen LogP contribution is 2.38. The van der Waals surface area contributed by atoms with Gasteiger partial charge in [-0.05, 0) is 12.1 Å². The Bertz CT molecular complexity index is 752. The molecule has 0 radical (unpaired) electrons. The zero-order chi connectivity index (χ0) is 16.7. The molecule has 8 heteroatoms. The highest BCUT2D eigenvalue weighted by Gasteiger charge is 2.45. The number of quaternary nitrogens is 1. The van der Waals surface area contributed by atoms with Gasteiger partial charge in [0.1, 0.15) is 6.54 Å². The Morgan fingerprint density at radius 3 is 2.88 bits per heavy atom. The van der Waals surface area contributed by atoms with E-state index in [2.05, 4.69) is 17.3 Å². The van der Waals surface area contributed by atoms with E-state index in [1.807, 2.05) is 12.1 Å². The van der Waals surface area contributed by atoms with Crippen LogP contribution < -0.4 is 5.32 Å². The standard InChI is InChI=1S/C16H18ClN3O2S2/c1-20-6-4-10(5-7-20)11(8-20)22-16(21)19-15-14(23-9-18-15)12-2-3-13(17)24-12/h2-3,9-11H,4-8H2,1H3/p+1/t10?,11-,20?/m0/s1. The normalized spacial score (nSPS) is 28.8. The van der Waals surface area contributed by atoms with Crippen LogP contribution in [0.5, 0.6) is 0 Å². The van der Waals surface area contributed by atoms with Crippen LogP contribution in [0.4, 0.5) is 10.6 Å². The highest BCUT2D eigenvalue weighted by atomic mass is 35.5. The Hall–Kier alpha value is -1.15. The molecule has 5 heterocycles. The Morgan fingerprint density at radius 1 is 1.42 bits per heavy atom. The number of amides is 1. The molecule has 24 heavy (non-hydrogen) atoms. The molecule has 2 aromatic rings. The van der Waals surface area contributed by atoms with E-state index in [1.54, 1.807) is 5.51 Å². The van der Waals surface area contributed by atoms with E-state index in [1.165, 1.54) is 35.8 Å². The number of aromatic nitrogens is 1. The molecule has 2 aromatic heterocycles. The minimum absolute atomic E-state index is 0.00997. The number of fused-ring (bicyclic) bond motifs is 3. The molecule has 1 amide bonds. The number of piperidine rings is 3. The number of thiazole rings is 1. The first-order valence-electron chi connectivity index (χ1n) is 8.03. The third-order valence-electron chi connectivity index (χ3n) is 5.07. The summed E-state index contributed by atoms with van der Waals surface area (Å²) in [6.45, 7) is 3.31. The number of anilines is 1. The summed E-state index contributed by atoms with van der Waals surface area (Å²) < 4.78 is 7.47. The van der Waals surface area contributed by atoms with Gasteiger partial charge in [0, 0.05) is 23.6 Å². The molecule has 3 fully saturated rings. The molecule has 1 N–H and O–H groups in total. The first-order valence-corrected chi connectivity index (χ1v) is 10.1. The zero-order valence-electron chi connectivity index (χ0n) is 13.3. The summed E-state index contributed by atoms with van der Waals surface area (Å²) in [4.78, 5) is 18.5. The average molecular weight is 385 g/mol. The lowest BCUT2D eigenvalue weighted by molar-refractivity contribution is -0.928. The summed E-state index contributed by atoms with van der Waals surface area (Å²) in [7, 11) is 2.25. The van der Waals surface area contributed by atoms with Crippen molar-refractivity contribution in [2.75, 3.05) is 32.0 Å². The van der Waals surface area contributed by atoms with Crippen LogP contribution in [0.15, 0.2) is 17.6 Å².